The normalized spacial score (nSPS) is 11.1. The molecule has 0 atom stereocenters. The Hall–Kier alpha value is -3.12. The maximum absolute atomic E-state index is 2.44. The van der Waals surface area contributed by atoms with Gasteiger partial charge in [-0.05, 0) is 107 Å². The van der Waals surface area contributed by atoms with Crippen LogP contribution in [0, 0.1) is 27.7 Å². The molecule has 4 aromatic carbocycles. The molecule has 4 rings (SSSR count). The molecule has 0 saturated heterocycles. The molecule has 0 aromatic heterocycles. The minimum atomic E-state index is 1.09. The predicted molar refractivity (Wildman–Crippen MR) is 150 cm³/mol. The Balaban J connectivity index is 1.97. The molecule has 0 heteroatoms. The van der Waals surface area contributed by atoms with Crippen LogP contribution in [0.3, 0.4) is 0 Å². The first kappa shape index (κ1) is 24.0. The number of rotatable bonds is 7. The van der Waals surface area contributed by atoms with Gasteiger partial charge in [-0.1, -0.05) is 99.5 Å². The van der Waals surface area contributed by atoms with Crippen molar-refractivity contribution in [1.29, 1.82) is 0 Å². The average molecular weight is 447 g/mol. The number of hydrogen-bond donors (Lipinski definition) is 0. The van der Waals surface area contributed by atoms with Crippen LogP contribution in [0.5, 0.6) is 0 Å². The van der Waals surface area contributed by atoms with Crippen molar-refractivity contribution in [2.24, 2.45) is 0 Å². The monoisotopic (exact) mass is 446 g/mol. The molecule has 0 fully saturated rings. The van der Waals surface area contributed by atoms with Gasteiger partial charge >= 0.3 is 0 Å². The summed E-state index contributed by atoms with van der Waals surface area (Å²) in [5, 5.41) is 0. The Morgan fingerprint density at radius 1 is 0.441 bits per heavy atom. The van der Waals surface area contributed by atoms with E-state index in [1.165, 1.54) is 66.8 Å². The third-order valence-corrected chi connectivity index (χ3v) is 7.10. The zero-order chi connectivity index (χ0) is 24.2. The van der Waals surface area contributed by atoms with Crippen LogP contribution in [0.1, 0.15) is 60.1 Å². The van der Waals surface area contributed by atoms with E-state index >= 15 is 0 Å². The lowest BCUT2D eigenvalue weighted by Gasteiger charge is -2.22. The van der Waals surface area contributed by atoms with Crippen molar-refractivity contribution in [3.63, 3.8) is 0 Å². The van der Waals surface area contributed by atoms with Crippen molar-refractivity contribution in [2.75, 3.05) is 0 Å². The van der Waals surface area contributed by atoms with Gasteiger partial charge in [-0.3, -0.25) is 0 Å². The van der Waals surface area contributed by atoms with E-state index in [-0.39, 0.29) is 0 Å². The molecular formula is C34H38. The first-order valence-corrected chi connectivity index (χ1v) is 12.8. The van der Waals surface area contributed by atoms with Crippen LogP contribution in [0.25, 0.3) is 33.4 Å². The van der Waals surface area contributed by atoms with Gasteiger partial charge in [0.05, 0.1) is 0 Å². The maximum atomic E-state index is 2.44. The highest BCUT2D eigenvalue weighted by molar-refractivity contribution is 5.91. The van der Waals surface area contributed by atoms with Crippen LogP contribution in [0.2, 0.25) is 0 Å². The molecule has 0 nitrogen and oxygen atoms in total. The minimum Gasteiger partial charge on any atom is -0.0651 e. The predicted octanol–water partition coefficient (Wildman–Crippen LogP) is 9.83. The molecule has 174 valence electrons. The summed E-state index contributed by atoms with van der Waals surface area (Å²) in [7, 11) is 0. The highest BCUT2D eigenvalue weighted by Gasteiger charge is 2.19. The second-order valence-corrected chi connectivity index (χ2v) is 9.75. The largest absolute Gasteiger partial charge is 0.0651 e. The van der Waals surface area contributed by atoms with E-state index in [1.54, 1.807) is 0 Å². The Bertz CT molecular complexity index is 1310. The SMILES string of the molecule is CCCc1ccccc1-c1cc(C)c(-c2c(C)ccc(CCC)c2-c2ccccc2C)cc1C. The smallest absolute Gasteiger partial charge is 0.00679 e. The molecule has 0 amide bonds. The van der Waals surface area contributed by atoms with Gasteiger partial charge < -0.3 is 0 Å². The Morgan fingerprint density at radius 3 is 1.74 bits per heavy atom. The lowest BCUT2D eigenvalue weighted by Crippen LogP contribution is -2.00. The van der Waals surface area contributed by atoms with Crippen molar-refractivity contribution in [2.45, 2.75) is 67.2 Å². The lowest BCUT2D eigenvalue weighted by atomic mass is 9.82. The molecule has 0 radical (unpaired) electrons. The van der Waals surface area contributed by atoms with Gasteiger partial charge in [0.1, 0.15) is 0 Å². The standard InChI is InChI=1S/C34H38/c1-7-13-27-16-10-12-18-30(27)31-21-26(6)32(22-25(31)5)33-24(4)19-20-28(14-8-2)34(33)29-17-11-9-15-23(29)3/h9-12,15-22H,7-8,13-14H2,1-6H3. The second-order valence-electron chi connectivity index (χ2n) is 9.75. The zero-order valence-corrected chi connectivity index (χ0v) is 21.8. The summed E-state index contributed by atoms with van der Waals surface area (Å²) in [6.45, 7) is 13.6. The molecule has 0 aliphatic heterocycles. The van der Waals surface area contributed by atoms with E-state index in [0.29, 0.717) is 0 Å². The number of aryl methyl sites for hydroxylation is 6. The van der Waals surface area contributed by atoms with E-state index in [0.717, 1.165) is 25.7 Å². The van der Waals surface area contributed by atoms with E-state index in [4.69, 9.17) is 0 Å². The highest BCUT2D eigenvalue weighted by Crippen LogP contribution is 2.42. The summed E-state index contributed by atoms with van der Waals surface area (Å²) < 4.78 is 0. The van der Waals surface area contributed by atoms with E-state index in [9.17, 15) is 0 Å². The molecule has 0 aliphatic carbocycles. The molecule has 0 N–H and O–H groups in total. The van der Waals surface area contributed by atoms with Gasteiger partial charge in [-0.15, -0.1) is 0 Å². The Labute approximate surface area is 206 Å². The van der Waals surface area contributed by atoms with Crippen LogP contribution < -0.4 is 0 Å². The summed E-state index contributed by atoms with van der Waals surface area (Å²) in [5.41, 5.74) is 16.6. The summed E-state index contributed by atoms with van der Waals surface area (Å²) in [4.78, 5) is 0. The molecular weight excluding hydrogens is 408 g/mol. The fourth-order valence-corrected chi connectivity index (χ4v) is 5.38. The van der Waals surface area contributed by atoms with Crippen LogP contribution in [0.15, 0.2) is 72.8 Å². The number of hydrogen-bond acceptors (Lipinski definition) is 0. The van der Waals surface area contributed by atoms with Crippen LogP contribution in [-0.2, 0) is 12.8 Å². The summed E-state index contributed by atoms with van der Waals surface area (Å²) in [6, 6.07) is 27.3. The topological polar surface area (TPSA) is 0 Å². The van der Waals surface area contributed by atoms with Crippen molar-refractivity contribution >= 4 is 0 Å². The quantitative estimate of drug-likeness (QED) is 0.265. The molecule has 4 aromatic rings. The average Bonchev–Trinajstić information content (AvgIpc) is 2.83. The fourth-order valence-electron chi connectivity index (χ4n) is 5.38. The molecule has 0 unspecified atom stereocenters. The van der Waals surface area contributed by atoms with Gasteiger partial charge in [0.2, 0.25) is 0 Å². The summed E-state index contributed by atoms with van der Waals surface area (Å²) in [5.74, 6) is 0. The van der Waals surface area contributed by atoms with Crippen molar-refractivity contribution in [1.82, 2.24) is 0 Å². The molecule has 34 heavy (non-hydrogen) atoms. The van der Waals surface area contributed by atoms with Gasteiger partial charge in [0, 0.05) is 0 Å². The van der Waals surface area contributed by atoms with E-state index < -0.39 is 0 Å². The first-order chi connectivity index (χ1) is 16.5. The van der Waals surface area contributed by atoms with E-state index in [2.05, 4.69) is 114 Å². The minimum absolute atomic E-state index is 1.09. The van der Waals surface area contributed by atoms with Crippen molar-refractivity contribution in [3.8, 4) is 33.4 Å². The van der Waals surface area contributed by atoms with Gasteiger partial charge in [0.25, 0.3) is 0 Å². The molecule has 0 spiro atoms. The lowest BCUT2D eigenvalue weighted by molar-refractivity contribution is 0.923. The van der Waals surface area contributed by atoms with Crippen LogP contribution in [0.4, 0.5) is 0 Å². The molecule has 0 bridgehead atoms. The third-order valence-electron chi connectivity index (χ3n) is 7.10. The van der Waals surface area contributed by atoms with Gasteiger partial charge in [0.15, 0.2) is 0 Å². The first-order valence-electron chi connectivity index (χ1n) is 12.8. The van der Waals surface area contributed by atoms with Crippen LogP contribution >= 0.6 is 0 Å². The summed E-state index contributed by atoms with van der Waals surface area (Å²) >= 11 is 0. The van der Waals surface area contributed by atoms with E-state index in [1.807, 2.05) is 0 Å². The highest BCUT2D eigenvalue weighted by atomic mass is 14.2. The zero-order valence-electron chi connectivity index (χ0n) is 21.8. The number of benzene rings is 4. The van der Waals surface area contributed by atoms with Gasteiger partial charge in [-0.2, -0.15) is 0 Å². The molecule has 0 aliphatic rings. The van der Waals surface area contributed by atoms with Gasteiger partial charge in [-0.25, -0.2) is 0 Å². The maximum Gasteiger partial charge on any atom is -0.00679 e. The molecule has 0 heterocycles. The summed E-state index contributed by atoms with van der Waals surface area (Å²) in [6.07, 6.45) is 4.52. The Morgan fingerprint density at radius 2 is 1.03 bits per heavy atom. The van der Waals surface area contributed by atoms with Crippen LogP contribution in [-0.4, -0.2) is 0 Å². The third kappa shape index (κ3) is 4.60. The van der Waals surface area contributed by atoms with Crippen molar-refractivity contribution < 1.29 is 0 Å². The Kier molecular flexibility index (Phi) is 7.37. The molecule has 0 saturated carbocycles. The van der Waals surface area contributed by atoms with Crippen molar-refractivity contribution in [3.05, 3.63) is 106 Å². The fraction of sp³-hybridized carbons (Fsp3) is 0.294. The second kappa shape index (κ2) is 10.4.